The summed E-state index contributed by atoms with van der Waals surface area (Å²) in [5.41, 5.74) is 4.41. The molecule has 1 N–H and O–H groups in total. The van der Waals surface area contributed by atoms with Crippen LogP contribution in [0.1, 0.15) is 16.1 Å². The van der Waals surface area contributed by atoms with Crippen molar-refractivity contribution in [1.29, 1.82) is 0 Å². The highest BCUT2D eigenvalue weighted by Crippen LogP contribution is 2.13. The summed E-state index contributed by atoms with van der Waals surface area (Å²) in [5, 5.41) is 3.89. The third-order valence-electron chi connectivity index (χ3n) is 2.59. The minimum atomic E-state index is -0.392. The van der Waals surface area contributed by atoms with Gasteiger partial charge in [-0.1, -0.05) is 12.1 Å². The van der Waals surface area contributed by atoms with Gasteiger partial charge in [0.2, 0.25) is 0 Å². The van der Waals surface area contributed by atoms with Gasteiger partial charge in [0.25, 0.3) is 0 Å². The number of anilines is 1. The first-order valence-electron chi connectivity index (χ1n) is 5.92. The Labute approximate surface area is 125 Å². The number of rotatable bonds is 4. The number of carbonyl (C=O) groups is 1. The van der Waals surface area contributed by atoms with Crippen molar-refractivity contribution in [3.63, 3.8) is 0 Å². The lowest BCUT2D eigenvalue weighted by Gasteiger charge is -2.11. The fourth-order valence-corrected chi connectivity index (χ4v) is 1.82. The van der Waals surface area contributed by atoms with Crippen molar-refractivity contribution < 1.29 is 9.21 Å². The molecule has 5 nitrogen and oxygen atoms in total. The van der Waals surface area contributed by atoms with E-state index in [0.717, 1.165) is 11.3 Å². The molecule has 0 saturated heterocycles. The van der Waals surface area contributed by atoms with Crippen molar-refractivity contribution in [1.82, 2.24) is 5.43 Å². The molecule has 0 spiro atoms. The summed E-state index contributed by atoms with van der Waals surface area (Å²) >= 11 is 3.13. The summed E-state index contributed by atoms with van der Waals surface area (Å²) < 4.78 is 5.62. The smallest absolute Gasteiger partial charge is 0.307 e. The van der Waals surface area contributed by atoms with E-state index >= 15 is 0 Å². The van der Waals surface area contributed by atoms with E-state index < -0.39 is 5.91 Å². The molecule has 1 aromatic carbocycles. The number of hydrogen-bond acceptors (Lipinski definition) is 4. The lowest BCUT2D eigenvalue weighted by atomic mass is 10.2. The SMILES string of the molecule is CN(C)c1ccc(C=NNC(=O)c2ccc(Br)o2)cc1. The second-order valence-corrected chi connectivity index (χ2v) is 5.07. The normalized spacial score (nSPS) is 10.8. The number of benzene rings is 1. The zero-order chi connectivity index (χ0) is 14.5. The van der Waals surface area contributed by atoms with E-state index in [1.54, 1.807) is 18.3 Å². The van der Waals surface area contributed by atoms with E-state index in [9.17, 15) is 4.79 Å². The van der Waals surface area contributed by atoms with Crippen LogP contribution in [0, 0.1) is 0 Å². The zero-order valence-corrected chi connectivity index (χ0v) is 12.7. The summed E-state index contributed by atoms with van der Waals surface area (Å²) in [6.45, 7) is 0. The van der Waals surface area contributed by atoms with Crippen molar-refractivity contribution in [3.05, 3.63) is 52.4 Å². The Balaban J connectivity index is 1.94. The van der Waals surface area contributed by atoms with E-state index in [0.29, 0.717) is 4.67 Å². The molecule has 0 saturated carbocycles. The van der Waals surface area contributed by atoms with Crippen molar-refractivity contribution in [2.75, 3.05) is 19.0 Å². The number of nitrogens with one attached hydrogen (secondary N) is 1. The Morgan fingerprint density at radius 1 is 1.25 bits per heavy atom. The number of furan rings is 1. The Bertz CT molecular complexity index is 618. The van der Waals surface area contributed by atoms with Crippen LogP contribution in [0.25, 0.3) is 0 Å². The van der Waals surface area contributed by atoms with Gasteiger partial charge in [0, 0.05) is 19.8 Å². The Kier molecular flexibility index (Phi) is 4.57. The second kappa shape index (κ2) is 6.38. The van der Waals surface area contributed by atoms with Crippen molar-refractivity contribution in [2.24, 2.45) is 5.10 Å². The average Bonchev–Trinajstić information content (AvgIpc) is 2.86. The maximum Gasteiger partial charge on any atom is 0.307 e. The predicted molar refractivity (Wildman–Crippen MR) is 82.2 cm³/mol. The van der Waals surface area contributed by atoms with Gasteiger partial charge in [-0.05, 0) is 45.8 Å². The number of halogens is 1. The van der Waals surface area contributed by atoms with Gasteiger partial charge in [-0.15, -0.1) is 0 Å². The summed E-state index contributed by atoms with van der Waals surface area (Å²) in [4.78, 5) is 13.7. The Morgan fingerprint density at radius 3 is 2.50 bits per heavy atom. The lowest BCUT2D eigenvalue weighted by Crippen LogP contribution is -2.16. The molecule has 0 atom stereocenters. The summed E-state index contributed by atoms with van der Waals surface area (Å²) in [6.07, 6.45) is 1.58. The highest BCUT2D eigenvalue weighted by atomic mass is 79.9. The minimum absolute atomic E-state index is 0.206. The summed E-state index contributed by atoms with van der Waals surface area (Å²) in [6, 6.07) is 11.0. The highest BCUT2D eigenvalue weighted by molar-refractivity contribution is 9.10. The van der Waals surface area contributed by atoms with Crippen LogP contribution in [-0.4, -0.2) is 26.2 Å². The summed E-state index contributed by atoms with van der Waals surface area (Å²) in [5.74, 6) is -0.186. The second-order valence-electron chi connectivity index (χ2n) is 4.29. The molecule has 0 fully saturated rings. The van der Waals surface area contributed by atoms with E-state index in [1.165, 1.54) is 0 Å². The summed E-state index contributed by atoms with van der Waals surface area (Å²) in [7, 11) is 3.95. The van der Waals surface area contributed by atoms with E-state index in [-0.39, 0.29) is 5.76 Å². The average molecular weight is 336 g/mol. The number of hydrogen-bond donors (Lipinski definition) is 1. The van der Waals surface area contributed by atoms with Gasteiger partial charge >= 0.3 is 5.91 Å². The minimum Gasteiger partial charge on any atom is -0.444 e. The molecule has 0 bridgehead atoms. The molecule has 1 heterocycles. The van der Waals surface area contributed by atoms with Crippen LogP contribution in [0.5, 0.6) is 0 Å². The monoisotopic (exact) mass is 335 g/mol. The van der Waals surface area contributed by atoms with Crippen LogP contribution >= 0.6 is 15.9 Å². The maximum absolute atomic E-state index is 11.6. The van der Waals surface area contributed by atoms with Crippen LogP contribution in [0.2, 0.25) is 0 Å². The quantitative estimate of drug-likeness (QED) is 0.690. The van der Waals surface area contributed by atoms with E-state index in [2.05, 4.69) is 26.5 Å². The number of hydrazone groups is 1. The molecule has 2 rings (SSSR count). The number of nitrogens with zero attached hydrogens (tertiary/aromatic N) is 2. The molecule has 0 unspecified atom stereocenters. The lowest BCUT2D eigenvalue weighted by molar-refractivity contribution is 0.0926. The molecule has 0 aliphatic carbocycles. The van der Waals surface area contributed by atoms with Crippen molar-refractivity contribution in [3.8, 4) is 0 Å². The molecular weight excluding hydrogens is 322 g/mol. The molecule has 0 aliphatic rings. The van der Waals surface area contributed by atoms with E-state index in [4.69, 9.17) is 4.42 Å². The molecular formula is C14H14BrN3O2. The predicted octanol–water partition coefficient (Wildman–Crippen LogP) is 2.87. The Hall–Kier alpha value is -2.08. The van der Waals surface area contributed by atoms with Gasteiger partial charge in [0.1, 0.15) is 0 Å². The van der Waals surface area contributed by atoms with Crippen LogP contribution in [0.15, 0.2) is 50.6 Å². The molecule has 20 heavy (non-hydrogen) atoms. The van der Waals surface area contributed by atoms with Crippen LogP contribution < -0.4 is 10.3 Å². The molecule has 0 radical (unpaired) electrons. The van der Waals surface area contributed by atoms with Gasteiger partial charge in [-0.25, -0.2) is 5.43 Å². The number of carbonyl (C=O) groups excluding carboxylic acids is 1. The molecule has 0 aliphatic heterocycles. The highest BCUT2D eigenvalue weighted by Gasteiger charge is 2.08. The van der Waals surface area contributed by atoms with Gasteiger partial charge in [-0.3, -0.25) is 4.79 Å². The van der Waals surface area contributed by atoms with Crippen LogP contribution in [0.4, 0.5) is 5.69 Å². The van der Waals surface area contributed by atoms with Crippen molar-refractivity contribution in [2.45, 2.75) is 0 Å². The van der Waals surface area contributed by atoms with Gasteiger partial charge in [-0.2, -0.15) is 5.10 Å². The third kappa shape index (κ3) is 3.71. The van der Waals surface area contributed by atoms with Gasteiger partial charge in [0.15, 0.2) is 10.4 Å². The van der Waals surface area contributed by atoms with Gasteiger partial charge in [0.05, 0.1) is 6.21 Å². The topological polar surface area (TPSA) is 57.8 Å². The van der Waals surface area contributed by atoms with Gasteiger partial charge < -0.3 is 9.32 Å². The first-order valence-corrected chi connectivity index (χ1v) is 6.71. The molecule has 2 aromatic rings. The fraction of sp³-hybridized carbons (Fsp3) is 0.143. The van der Waals surface area contributed by atoms with Crippen LogP contribution in [0.3, 0.4) is 0 Å². The third-order valence-corrected chi connectivity index (χ3v) is 3.01. The first kappa shape index (κ1) is 14.3. The standard InChI is InChI=1S/C14H14BrN3O2/c1-18(2)11-5-3-10(4-6-11)9-16-17-14(19)12-7-8-13(15)20-12/h3-9H,1-2H3,(H,17,19). The Morgan fingerprint density at radius 2 is 1.95 bits per heavy atom. The molecule has 104 valence electrons. The zero-order valence-electron chi connectivity index (χ0n) is 11.1. The van der Waals surface area contributed by atoms with Crippen LogP contribution in [-0.2, 0) is 0 Å². The molecule has 1 amide bonds. The maximum atomic E-state index is 11.6. The first-order chi connectivity index (χ1) is 9.56. The molecule has 6 heteroatoms. The fourth-order valence-electron chi connectivity index (χ4n) is 1.52. The molecule has 1 aromatic heterocycles. The van der Waals surface area contributed by atoms with E-state index in [1.807, 2.05) is 43.3 Å². The number of amides is 1. The van der Waals surface area contributed by atoms with Crippen molar-refractivity contribution >= 4 is 33.7 Å². The largest absolute Gasteiger partial charge is 0.444 e.